The van der Waals surface area contributed by atoms with Gasteiger partial charge in [-0.2, -0.15) is 0 Å². The van der Waals surface area contributed by atoms with Crippen LogP contribution in [0.25, 0.3) is 0 Å². The summed E-state index contributed by atoms with van der Waals surface area (Å²) in [4.78, 5) is 0. The second-order valence-corrected chi connectivity index (χ2v) is 3.43. The zero-order chi connectivity index (χ0) is 11.0. The summed E-state index contributed by atoms with van der Waals surface area (Å²) in [5.74, 6) is 0.633. The van der Waals surface area contributed by atoms with E-state index in [1.807, 2.05) is 20.9 Å². The van der Waals surface area contributed by atoms with E-state index in [2.05, 4.69) is 43.4 Å². The van der Waals surface area contributed by atoms with Crippen LogP contribution in [0, 0.1) is 0 Å². The molecule has 0 amide bonds. The van der Waals surface area contributed by atoms with Crippen molar-refractivity contribution >= 4 is 0 Å². The van der Waals surface area contributed by atoms with E-state index in [1.54, 1.807) is 0 Å². The van der Waals surface area contributed by atoms with Crippen LogP contribution in [-0.2, 0) is 6.54 Å². The molecule has 1 N–H and O–H groups in total. The fourth-order valence-corrected chi connectivity index (χ4v) is 1.22. The molecule has 1 nitrogen and oxygen atoms in total. The van der Waals surface area contributed by atoms with Crippen molar-refractivity contribution in [2.24, 2.45) is 0 Å². The third-order valence-electron chi connectivity index (χ3n) is 2.03. The lowest BCUT2D eigenvalue weighted by Crippen LogP contribution is -2.04. The van der Waals surface area contributed by atoms with E-state index in [9.17, 15) is 0 Å². The molecule has 80 valence electrons. The zero-order valence-electron chi connectivity index (χ0n) is 10.1. The molecule has 0 saturated heterocycles. The Bertz CT molecular complexity index is 223. The molecule has 0 radical (unpaired) electrons. The molecule has 0 aliphatic carbocycles. The molecule has 0 fully saturated rings. The molecule has 1 aromatic rings. The second-order valence-electron chi connectivity index (χ2n) is 3.43. The van der Waals surface area contributed by atoms with Crippen LogP contribution in [0.2, 0.25) is 0 Å². The Kier molecular flexibility index (Phi) is 7.13. The molecule has 0 atom stereocenters. The minimum atomic E-state index is 0.633. The summed E-state index contributed by atoms with van der Waals surface area (Å²) in [5.41, 5.74) is 2.76. The van der Waals surface area contributed by atoms with Gasteiger partial charge < -0.3 is 5.32 Å². The molecule has 0 spiro atoms. The quantitative estimate of drug-likeness (QED) is 0.774. The van der Waals surface area contributed by atoms with Gasteiger partial charge in [0.05, 0.1) is 0 Å². The molecule has 0 unspecified atom stereocenters. The lowest BCUT2D eigenvalue weighted by Gasteiger charge is -2.06. The second kappa shape index (κ2) is 7.57. The minimum absolute atomic E-state index is 0.633. The van der Waals surface area contributed by atoms with Gasteiger partial charge in [0.15, 0.2) is 0 Å². The van der Waals surface area contributed by atoms with Gasteiger partial charge in [-0.15, -0.1) is 0 Å². The Labute approximate surface area is 88.5 Å². The fraction of sp³-hybridized carbons (Fsp3) is 0.538. The number of hydrogen-bond donors (Lipinski definition) is 1. The van der Waals surface area contributed by atoms with Gasteiger partial charge in [0.25, 0.3) is 0 Å². The number of benzene rings is 1. The van der Waals surface area contributed by atoms with Gasteiger partial charge >= 0.3 is 0 Å². The first-order chi connectivity index (χ1) is 6.74. The molecule has 1 aromatic carbocycles. The molecule has 0 heterocycles. The summed E-state index contributed by atoms with van der Waals surface area (Å²) in [5, 5.41) is 3.13. The van der Waals surface area contributed by atoms with Crippen LogP contribution in [0.3, 0.4) is 0 Å². The maximum Gasteiger partial charge on any atom is 0.0202 e. The Morgan fingerprint density at radius 3 is 1.93 bits per heavy atom. The van der Waals surface area contributed by atoms with Gasteiger partial charge in [0.2, 0.25) is 0 Å². The van der Waals surface area contributed by atoms with E-state index in [-0.39, 0.29) is 0 Å². The molecule has 1 rings (SSSR count). The zero-order valence-corrected chi connectivity index (χ0v) is 10.1. The van der Waals surface area contributed by atoms with Gasteiger partial charge in [-0.3, -0.25) is 0 Å². The van der Waals surface area contributed by atoms with Crippen LogP contribution in [0.15, 0.2) is 24.3 Å². The lowest BCUT2D eigenvalue weighted by atomic mass is 10.0. The molecular weight excluding hydrogens is 170 g/mol. The third kappa shape index (κ3) is 4.43. The lowest BCUT2D eigenvalue weighted by molar-refractivity contribution is 0.813. The SMILES string of the molecule is CC.CNCc1ccc(C(C)C)cc1. The van der Waals surface area contributed by atoms with Crippen molar-refractivity contribution in [1.82, 2.24) is 5.32 Å². The first-order valence-electron chi connectivity index (χ1n) is 5.47. The molecule has 0 aliphatic rings. The van der Waals surface area contributed by atoms with Gasteiger partial charge in [0, 0.05) is 6.54 Å². The van der Waals surface area contributed by atoms with E-state index < -0.39 is 0 Å². The summed E-state index contributed by atoms with van der Waals surface area (Å²) in [6.45, 7) is 9.39. The van der Waals surface area contributed by atoms with Crippen molar-refractivity contribution in [3.05, 3.63) is 35.4 Å². The smallest absolute Gasteiger partial charge is 0.0202 e. The van der Waals surface area contributed by atoms with Crippen LogP contribution in [0.1, 0.15) is 44.7 Å². The van der Waals surface area contributed by atoms with Crippen molar-refractivity contribution in [3.63, 3.8) is 0 Å². The fourth-order valence-electron chi connectivity index (χ4n) is 1.22. The Morgan fingerprint density at radius 1 is 1.07 bits per heavy atom. The van der Waals surface area contributed by atoms with Crippen molar-refractivity contribution < 1.29 is 0 Å². The highest BCUT2D eigenvalue weighted by atomic mass is 14.8. The highest BCUT2D eigenvalue weighted by molar-refractivity contribution is 5.24. The molecule has 0 aliphatic heterocycles. The van der Waals surface area contributed by atoms with E-state index in [0.717, 1.165) is 6.54 Å². The average Bonchev–Trinajstić information content (AvgIpc) is 2.22. The first-order valence-corrected chi connectivity index (χ1v) is 5.47. The summed E-state index contributed by atoms with van der Waals surface area (Å²) >= 11 is 0. The van der Waals surface area contributed by atoms with Gasteiger partial charge in [-0.05, 0) is 24.1 Å². The van der Waals surface area contributed by atoms with Crippen LogP contribution < -0.4 is 5.32 Å². The molecule has 0 bridgehead atoms. The van der Waals surface area contributed by atoms with Crippen LogP contribution >= 0.6 is 0 Å². The third-order valence-corrected chi connectivity index (χ3v) is 2.03. The molecule has 0 aromatic heterocycles. The van der Waals surface area contributed by atoms with Crippen LogP contribution in [-0.4, -0.2) is 7.05 Å². The van der Waals surface area contributed by atoms with Gasteiger partial charge in [0.1, 0.15) is 0 Å². The molecule has 0 saturated carbocycles. The summed E-state index contributed by atoms with van der Waals surface area (Å²) < 4.78 is 0. The van der Waals surface area contributed by atoms with E-state index in [4.69, 9.17) is 0 Å². The van der Waals surface area contributed by atoms with Crippen molar-refractivity contribution in [2.45, 2.75) is 40.2 Å². The maximum absolute atomic E-state index is 3.13. The van der Waals surface area contributed by atoms with Gasteiger partial charge in [-0.25, -0.2) is 0 Å². The predicted molar refractivity (Wildman–Crippen MR) is 64.6 cm³/mol. The van der Waals surface area contributed by atoms with Crippen molar-refractivity contribution in [3.8, 4) is 0 Å². The van der Waals surface area contributed by atoms with Crippen molar-refractivity contribution in [2.75, 3.05) is 7.05 Å². The number of nitrogens with one attached hydrogen (secondary N) is 1. The topological polar surface area (TPSA) is 12.0 Å². The highest BCUT2D eigenvalue weighted by Gasteiger charge is 1.97. The molecular formula is C13H23N. The molecule has 1 heteroatoms. The maximum atomic E-state index is 3.13. The number of rotatable bonds is 3. The van der Waals surface area contributed by atoms with Crippen LogP contribution in [0.5, 0.6) is 0 Å². The molecule has 14 heavy (non-hydrogen) atoms. The van der Waals surface area contributed by atoms with Crippen LogP contribution in [0.4, 0.5) is 0 Å². The normalized spacial score (nSPS) is 9.57. The highest BCUT2D eigenvalue weighted by Crippen LogP contribution is 2.14. The largest absolute Gasteiger partial charge is 0.316 e. The van der Waals surface area contributed by atoms with E-state index >= 15 is 0 Å². The number of hydrogen-bond acceptors (Lipinski definition) is 1. The van der Waals surface area contributed by atoms with Gasteiger partial charge in [-0.1, -0.05) is 52.0 Å². The first kappa shape index (κ1) is 13.2. The van der Waals surface area contributed by atoms with Crippen molar-refractivity contribution in [1.29, 1.82) is 0 Å². The summed E-state index contributed by atoms with van der Waals surface area (Å²) in [6, 6.07) is 8.78. The minimum Gasteiger partial charge on any atom is -0.316 e. The summed E-state index contributed by atoms with van der Waals surface area (Å²) in [7, 11) is 1.97. The monoisotopic (exact) mass is 193 g/mol. The predicted octanol–water partition coefficient (Wildman–Crippen LogP) is 3.56. The van der Waals surface area contributed by atoms with E-state index in [0.29, 0.717) is 5.92 Å². The van der Waals surface area contributed by atoms with E-state index in [1.165, 1.54) is 11.1 Å². The average molecular weight is 193 g/mol. The summed E-state index contributed by atoms with van der Waals surface area (Å²) in [6.07, 6.45) is 0. The Morgan fingerprint density at radius 2 is 1.57 bits per heavy atom. The Hall–Kier alpha value is -0.820. The Balaban J connectivity index is 0.000000791. The standard InChI is InChI=1S/C11H17N.C2H6/c1-9(2)11-6-4-10(5-7-11)8-12-3;1-2/h4-7,9,12H,8H2,1-3H3;1-2H3.